The Bertz CT molecular complexity index is 566. The lowest BCUT2D eigenvalue weighted by Gasteiger charge is -2.11. The van der Waals surface area contributed by atoms with E-state index < -0.39 is 0 Å². The molecule has 0 saturated carbocycles. The Morgan fingerprint density at radius 2 is 2.11 bits per heavy atom. The zero-order valence-corrected chi connectivity index (χ0v) is 12.5. The first kappa shape index (κ1) is 13.8. The Balaban J connectivity index is 2.41. The molecule has 1 atom stereocenters. The van der Waals surface area contributed by atoms with Gasteiger partial charge in [0.15, 0.2) is 0 Å². The van der Waals surface area contributed by atoms with Crippen LogP contribution in [0.1, 0.15) is 34.1 Å². The quantitative estimate of drug-likeness (QED) is 0.914. The van der Waals surface area contributed by atoms with Crippen LogP contribution in [0.15, 0.2) is 18.2 Å². The van der Waals surface area contributed by atoms with Gasteiger partial charge in [0.25, 0.3) is 0 Å². The number of benzene rings is 1. The standard InChI is InChI=1S/C13H14Cl2N2S/c1-3-10-7(2)18-13(17-10)12(16)8-5-4-6-9(14)11(8)15/h4-6,12H,3,16H2,1-2H3. The second-order valence-corrected chi connectivity index (χ2v) is 6.05. The van der Waals surface area contributed by atoms with Crippen LogP contribution in [0, 0.1) is 6.92 Å². The van der Waals surface area contributed by atoms with Gasteiger partial charge in [0, 0.05) is 4.88 Å². The van der Waals surface area contributed by atoms with Gasteiger partial charge in [-0.1, -0.05) is 42.3 Å². The first-order chi connectivity index (χ1) is 8.54. The van der Waals surface area contributed by atoms with Gasteiger partial charge in [0.05, 0.1) is 21.8 Å². The first-order valence-electron chi connectivity index (χ1n) is 5.70. The van der Waals surface area contributed by atoms with E-state index >= 15 is 0 Å². The van der Waals surface area contributed by atoms with Crippen LogP contribution in [0.25, 0.3) is 0 Å². The fourth-order valence-electron chi connectivity index (χ4n) is 1.81. The van der Waals surface area contributed by atoms with E-state index in [9.17, 15) is 0 Å². The molecule has 2 nitrogen and oxygen atoms in total. The molecule has 0 aliphatic rings. The Hall–Kier alpha value is -0.610. The molecule has 0 spiro atoms. The monoisotopic (exact) mass is 300 g/mol. The van der Waals surface area contributed by atoms with E-state index in [1.54, 1.807) is 17.4 Å². The van der Waals surface area contributed by atoms with Crippen molar-refractivity contribution in [3.8, 4) is 0 Å². The molecule has 5 heteroatoms. The molecule has 2 N–H and O–H groups in total. The minimum atomic E-state index is -0.319. The molecule has 2 rings (SSSR count). The topological polar surface area (TPSA) is 38.9 Å². The van der Waals surface area contributed by atoms with Gasteiger partial charge in [-0.2, -0.15) is 0 Å². The number of thiazole rings is 1. The summed E-state index contributed by atoms with van der Waals surface area (Å²) >= 11 is 13.8. The van der Waals surface area contributed by atoms with Crippen LogP contribution in [0.5, 0.6) is 0 Å². The highest BCUT2D eigenvalue weighted by molar-refractivity contribution is 7.11. The molecule has 0 aliphatic heterocycles. The molecule has 0 aliphatic carbocycles. The maximum Gasteiger partial charge on any atom is 0.114 e. The summed E-state index contributed by atoms with van der Waals surface area (Å²) in [6, 6.07) is 5.18. The van der Waals surface area contributed by atoms with Crippen molar-refractivity contribution >= 4 is 34.5 Å². The number of nitrogens with zero attached hydrogens (tertiary/aromatic N) is 1. The fraction of sp³-hybridized carbons (Fsp3) is 0.308. The lowest BCUT2D eigenvalue weighted by molar-refractivity contribution is 0.844. The Morgan fingerprint density at radius 3 is 2.72 bits per heavy atom. The van der Waals surface area contributed by atoms with Crippen LogP contribution in [0.3, 0.4) is 0 Å². The van der Waals surface area contributed by atoms with E-state index in [-0.39, 0.29) is 6.04 Å². The molecule has 0 saturated heterocycles. The lowest BCUT2D eigenvalue weighted by atomic mass is 10.1. The summed E-state index contributed by atoms with van der Waals surface area (Å²) in [5.74, 6) is 0. The minimum absolute atomic E-state index is 0.319. The molecule has 18 heavy (non-hydrogen) atoms. The van der Waals surface area contributed by atoms with Crippen molar-refractivity contribution in [2.75, 3.05) is 0 Å². The predicted molar refractivity (Wildman–Crippen MR) is 78.7 cm³/mol. The summed E-state index contributed by atoms with van der Waals surface area (Å²) < 4.78 is 0. The second kappa shape index (κ2) is 5.57. The minimum Gasteiger partial charge on any atom is -0.318 e. The van der Waals surface area contributed by atoms with Crippen LogP contribution in [0.4, 0.5) is 0 Å². The van der Waals surface area contributed by atoms with Crippen molar-refractivity contribution in [3.05, 3.63) is 49.4 Å². The SMILES string of the molecule is CCc1nc(C(N)c2cccc(Cl)c2Cl)sc1C. The van der Waals surface area contributed by atoms with Crippen LogP contribution in [0.2, 0.25) is 10.0 Å². The zero-order chi connectivity index (χ0) is 13.3. The lowest BCUT2D eigenvalue weighted by Crippen LogP contribution is -2.12. The molecule has 0 fully saturated rings. The van der Waals surface area contributed by atoms with Gasteiger partial charge in [0.2, 0.25) is 0 Å². The van der Waals surface area contributed by atoms with Gasteiger partial charge in [-0.3, -0.25) is 0 Å². The Morgan fingerprint density at radius 1 is 1.39 bits per heavy atom. The van der Waals surface area contributed by atoms with E-state index in [0.717, 1.165) is 22.7 Å². The average Bonchev–Trinajstić information content (AvgIpc) is 2.73. The van der Waals surface area contributed by atoms with Crippen molar-refractivity contribution in [1.29, 1.82) is 0 Å². The van der Waals surface area contributed by atoms with Gasteiger partial charge >= 0.3 is 0 Å². The van der Waals surface area contributed by atoms with Crippen molar-refractivity contribution < 1.29 is 0 Å². The van der Waals surface area contributed by atoms with Crippen LogP contribution in [-0.4, -0.2) is 4.98 Å². The van der Waals surface area contributed by atoms with Crippen molar-refractivity contribution in [3.63, 3.8) is 0 Å². The Labute approximate surface area is 121 Å². The highest BCUT2D eigenvalue weighted by Crippen LogP contribution is 2.34. The number of aromatic nitrogens is 1. The fourth-order valence-corrected chi connectivity index (χ4v) is 3.26. The van der Waals surface area contributed by atoms with Gasteiger partial charge in [-0.15, -0.1) is 11.3 Å². The molecular weight excluding hydrogens is 287 g/mol. The van der Waals surface area contributed by atoms with Crippen molar-refractivity contribution in [2.24, 2.45) is 5.73 Å². The van der Waals surface area contributed by atoms with E-state index in [1.807, 2.05) is 12.1 Å². The summed E-state index contributed by atoms with van der Waals surface area (Å²) in [6.45, 7) is 4.15. The molecule has 1 aromatic carbocycles. The van der Waals surface area contributed by atoms with Crippen LogP contribution in [-0.2, 0) is 6.42 Å². The summed E-state index contributed by atoms with van der Waals surface area (Å²) in [7, 11) is 0. The van der Waals surface area contributed by atoms with Gasteiger partial charge in [-0.25, -0.2) is 4.98 Å². The maximum atomic E-state index is 6.23. The number of nitrogens with two attached hydrogens (primary N) is 1. The first-order valence-corrected chi connectivity index (χ1v) is 7.27. The summed E-state index contributed by atoms with van der Waals surface area (Å²) in [5.41, 5.74) is 8.15. The number of hydrogen-bond donors (Lipinski definition) is 1. The van der Waals surface area contributed by atoms with Gasteiger partial charge in [0.1, 0.15) is 5.01 Å². The number of aryl methyl sites for hydroxylation is 2. The molecule has 0 bridgehead atoms. The summed E-state index contributed by atoms with van der Waals surface area (Å²) in [5, 5.41) is 1.92. The van der Waals surface area contributed by atoms with Crippen molar-refractivity contribution in [2.45, 2.75) is 26.3 Å². The third kappa shape index (κ3) is 2.54. The molecule has 0 amide bonds. The smallest absolute Gasteiger partial charge is 0.114 e. The molecule has 1 unspecified atom stereocenters. The molecule has 0 radical (unpaired) electrons. The third-order valence-electron chi connectivity index (χ3n) is 2.83. The number of rotatable bonds is 3. The maximum absolute atomic E-state index is 6.23. The van der Waals surface area contributed by atoms with Crippen molar-refractivity contribution in [1.82, 2.24) is 4.98 Å². The van der Waals surface area contributed by atoms with Gasteiger partial charge < -0.3 is 5.73 Å². The predicted octanol–water partition coefficient (Wildman–Crippen LogP) is 4.37. The second-order valence-electron chi connectivity index (χ2n) is 4.03. The van der Waals surface area contributed by atoms with E-state index in [0.29, 0.717) is 10.0 Å². The highest BCUT2D eigenvalue weighted by atomic mass is 35.5. The molecule has 1 heterocycles. The average molecular weight is 301 g/mol. The molecule has 2 aromatic rings. The van der Waals surface area contributed by atoms with Gasteiger partial charge in [-0.05, 0) is 25.0 Å². The Kier molecular flexibility index (Phi) is 4.28. The van der Waals surface area contributed by atoms with Crippen LogP contribution < -0.4 is 5.73 Å². The van der Waals surface area contributed by atoms with E-state index in [1.165, 1.54) is 4.88 Å². The molecular formula is C13H14Cl2N2S. The molecule has 1 aromatic heterocycles. The summed E-state index contributed by atoms with van der Waals surface area (Å²) in [6.07, 6.45) is 0.915. The van der Waals surface area contributed by atoms with Crippen LogP contribution >= 0.6 is 34.5 Å². The van der Waals surface area contributed by atoms with E-state index in [4.69, 9.17) is 28.9 Å². The zero-order valence-electron chi connectivity index (χ0n) is 10.2. The normalized spacial score (nSPS) is 12.7. The largest absolute Gasteiger partial charge is 0.318 e. The summed E-state index contributed by atoms with van der Waals surface area (Å²) in [4.78, 5) is 5.78. The van der Waals surface area contributed by atoms with E-state index in [2.05, 4.69) is 18.8 Å². The third-order valence-corrected chi connectivity index (χ3v) is 4.76. The number of hydrogen-bond acceptors (Lipinski definition) is 3. The number of halogens is 2. The molecule has 96 valence electrons. The highest BCUT2D eigenvalue weighted by Gasteiger charge is 2.18.